The van der Waals surface area contributed by atoms with Crippen molar-refractivity contribution in [2.45, 2.75) is 38.2 Å². The topological polar surface area (TPSA) is 82.7 Å². The SMILES string of the molecule is CCCc1ncnn1-c1ccc(N2CCN(c3ccc(OC[C@@H]4CO[C@@](Cn5ccnc5)(c5ccc(Cl)cc5Cl)O4)cc3)CC2)cc1. The van der Waals surface area contributed by atoms with E-state index in [1.165, 1.54) is 11.4 Å². The van der Waals surface area contributed by atoms with Crippen LogP contribution in [0.25, 0.3) is 5.69 Å². The van der Waals surface area contributed by atoms with Crippen LogP contribution in [-0.2, 0) is 28.2 Å². The summed E-state index contributed by atoms with van der Waals surface area (Å²) in [5, 5.41) is 5.45. The Kier molecular flexibility index (Phi) is 9.35. The van der Waals surface area contributed by atoms with Gasteiger partial charge in [0.2, 0.25) is 5.79 Å². The number of piperazine rings is 1. The summed E-state index contributed by atoms with van der Waals surface area (Å²) < 4.78 is 22.8. The van der Waals surface area contributed by atoms with Crippen molar-refractivity contribution in [3.05, 3.63) is 113 Å². The Hall–Kier alpha value is -4.09. The molecule has 0 N–H and O–H groups in total. The lowest BCUT2D eigenvalue weighted by molar-refractivity contribution is -0.189. The van der Waals surface area contributed by atoms with Crippen molar-refractivity contribution in [1.29, 1.82) is 0 Å². The minimum absolute atomic E-state index is 0.290. The van der Waals surface area contributed by atoms with Gasteiger partial charge in [0.25, 0.3) is 0 Å². The van der Waals surface area contributed by atoms with Gasteiger partial charge in [0.05, 0.1) is 30.2 Å². The summed E-state index contributed by atoms with van der Waals surface area (Å²) >= 11 is 12.8. The molecular formula is C35H37Cl2N7O3. The van der Waals surface area contributed by atoms with Gasteiger partial charge in [0, 0.05) is 67.0 Å². The number of anilines is 2. The van der Waals surface area contributed by atoms with Gasteiger partial charge in [-0.15, -0.1) is 0 Å². The normalized spacial score (nSPS) is 19.8. The minimum atomic E-state index is -1.08. The summed E-state index contributed by atoms with van der Waals surface area (Å²) in [4.78, 5) is 13.4. The average Bonchev–Trinajstić information content (AvgIpc) is 3.87. The highest BCUT2D eigenvalue weighted by Crippen LogP contribution is 2.40. The molecular weight excluding hydrogens is 637 g/mol. The molecule has 0 unspecified atom stereocenters. The summed E-state index contributed by atoms with van der Waals surface area (Å²) in [6.07, 6.45) is 8.61. The number of hydrogen-bond acceptors (Lipinski definition) is 8. The number of aryl methyl sites for hydroxylation is 1. The van der Waals surface area contributed by atoms with Crippen LogP contribution < -0.4 is 14.5 Å². The van der Waals surface area contributed by atoms with Crippen molar-refractivity contribution in [1.82, 2.24) is 24.3 Å². The molecule has 2 aliphatic rings. The Bertz CT molecular complexity index is 1760. The number of nitrogens with zero attached hydrogens (tertiary/aromatic N) is 7. The molecule has 0 bridgehead atoms. The summed E-state index contributed by atoms with van der Waals surface area (Å²) in [5.41, 5.74) is 4.16. The van der Waals surface area contributed by atoms with Gasteiger partial charge in [-0.25, -0.2) is 14.6 Å². The molecule has 2 aromatic heterocycles. The quantitative estimate of drug-likeness (QED) is 0.159. The second kappa shape index (κ2) is 13.9. The Morgan fingerprint density at radius 2 is 1.62 bits per heavy atom. The summed E-state index contributed by atoms with van der Waals surface area (Å²) in [7, 11) is 0. The molecule has 0 saturated carbocycles. The number of rotatable bonds is 11. The largest absolute Gasteiger partial charge is 0.491 e. The summed E-state index contributed by atoms with van der Waals surface area (Å²) in [6, 6.07) is 22.2. The molecule has 0 aliphatic carbocycles. The smallest absolute Gasteiger partial charge is 0.215 e. The van der Waals surface area contributed by atoms with Crippen molar-refractivity contribution < 1.29 is 14.2 Å². The predicted molar refractivity (Wildman–Crippen MR) is 183 cm³/mol. The van der Waals surface area contributed by atoms with Gasteiger partial charge in [0.1, 0.15) is 30.6 Å². The molecule has 4 heterocycles. The number of hydrogen-bond donors (Lipinski definition) is 0. The van der Waals surface area contributed by atoms with Crippen LogP contribution in [0.2, 0.25) is 10.0 Å². The second-order valence-corrected chi connectivity index (χ2v) is 12.6. The van der Waals surface area contributed by atoms with E-state index in [2.05, 4.69) is 68.2 Å². The fraction of sp³-hybridized carbons (Fsp3) is 0.343. The molecule has 2 fully saturated rings. The molecule has 47 heavy (non-hydrogen) atoms. The van der Waals surface area contributed by atoms with Gasteiger partial charge >= 0.3 is 0 Å². The maximum Gasteiger partial charge on any atom is 0.215 e. The maximum atomic E-state index is 6.60. The van der Waals surface area contributed by atoms with E-state index in [1.54, 1.807) is 31.0 Å². The van der Waals surface area contributed by atoms with E-state index in [0.717, 1.165) is 56.3 Å². The number of ether oxygens (including phenoxy) is 3. The zero-order chi connectivity index (χ0) is 32.2. The lowest BCUT2D eigenvalue weighted by Crippen LogP contribution is -2.46. The minimum Gasteiger partial charge on any atom is -0.491 e. The first-order valence-corrected chi connectivity index (χ1v) is 16.7. The van der Waals surface area contributed by atoms with Gasteiger partial charge in [-0.1, -0.05) is 36.2 Å². The van der Waals surface area contributed by atoms with E-state index in [-0.39, 0.29) is 6.10 Å². The third-order valence-corrected chi connectivity index (χ3v) is 9.17. The highest BCUT2D eigenvalue weighted by atomic mass is 35.5. The van der Waals surface area contributed by atoms with Crippen molar-refractivity contribution in [3.63, 3.8) is 0 Å². The third-order valence-electron chi connectivity index (χ3n) is 8.62. The molecule has 244 valence electrons. The standard InChI is InChI=1S/C35H37Cl2N7O3/c1-2-3-34-39-24-40-44(34)29-7-5-27(6-8-29)42-16-18-43(19-17-42)28-9-11-30(12-10-28)45-21-31-22-46-35(47-31,23-41-15-14-38-25-41)32-13-4-26(36)20-33(32)37/h4-15,20,24-25,31H,2-3,16-19,21-23H2,1H3/t31-,35-/m1/s1. The zero-order valence-corrected chi connectivity index (χ0v) is 27.7. The molecule has 2 atom stereocenters. The van der Waals surface area contributed by atoms with Crippen LogP contribution in [0.1, 0.15) is 24.7 Å². The van der Waals surface area contributed by atoms with Crippen molar-refractivity contribution in [2.24, 2.45) is 0 Å². The maximum absolute atomic E-state index is 6.60. The van der Waals surface area contributed by atoms with Crippen LogP contribution in [0.15, 0.2) is 91.8 Å². The molecule has 10 nitrogen and oxygen atoms in total. The van der Waals surface area contributed by atoms with E-state index >= 15 is 0 Å². The fourth-order valence-electron chi connectivity index (χ4n) is 6.22. The molecule has 12 heteroatoms. The van der Waals surface area contributed by atoms with E-state index in [4.69, 9.17) is 37.4 Å². The van der Waals surface area contributed by atoms with Crippen LogP contribution in [-0.4, -0.2) is 69.8 Å². The second-order valence-electron chi connectivity index (χ2n) is 11.8. The monoisotopic (exact) mass is 673 g/mol. The van der Waals surface area contributed by atoms with E-state index in [9.17, 15) is 0 Å². The summed E-state index contributed by atoms with van der Waals surface area (Å²) in [5.74, 6) is 0.691. The molecule has 5 aromatic rings. The van der Waals surface area contributed by atoms with Gasteiger partial charge in [-0.3, -0.25) is 0 Å². The number of benzene rings is 3. The highest BCUT2D eigenvalue weighted by Gasteiger charge is 2.45. The van der Waals surface area contributed by atoms with Gasteiger partial charge in [-0.05, 0) is 67.1 Å². The first-order valence-electron chi connectivity index (χ1n) is 15.9. The zero-order valence-electron chi connectivity index (χ0n) is 26.2. The van der Waals surface area contributed by atoms with Crippen molar-refractivity contribution >= 4 is 34.6 Å². The van der Waals surface area contributed by atoms with Gasteiger partial charge in [-0.2, -0.15) is 5.10 Å². The Balaban J connectivity index is 0.926. The van der Waals surface area contributed by atoms with Crippen LogP contribution >= 0.6 is 23.2 Å². The molecule has 2 aliphatic heterocycles. The molecule has 0 amide bonds. The van der Waals surface area contributed by atoms with Crippen LogP contribution in [0, 0.1) is 0 Å². The van der Waals surface area contributed by atoms with Crippen molar-refractivity contribution in [3.8, 4) is 11.4 Å². The van der Waals surface area contributed by atoms with E-state index < -0.39 is 5.79 Å². The Labute approximate surface area is 284 Å². The van der Waals surface area contributed by atoms with Gasteiger partial charge < -0.3 is 28.6 Å². The fourth-order valence-corrected chi connectivity index (χ4v) is 6.77. The number of halogens is 2. The molecule has 0 radical (unpaired) electrons. The number of imidazole rings is 1. The van der Waals surface area contributed by atoms with Gasteiger partial charge in [0.15, 0.2) is 0 Å². The lowest BCUT2D eigenvalue weighted by Gasteiger charge is -2.37. The van der Waals surface area contributed by atoms with E-state index in [0.29, 0.717) is 35.4 Å². The molecule has 0 spiro atoms. The first-order chi connectivity index (χ1) is 23.0. The van der Waals surface area contributed by atoms with E-state index in [1.807, 2.05) is 33.6 Å². The van der Waals surface area contributed by atoms with Crippen molar-refractivity contribution in [2.75, 3.05) is 49.2 Å². The Morgan fingerprint density at radius 1 is 0.915 bits per heavy atom. The number of aromatic nitrogens is 5. The predicted octanol–water partition coefficient (Wildman–Crippen LogP) is 6.40. The third kappa shape index (κ3) is 6.96. The summed E-state index contributed by atoms with van der Waals surface area (Å²) in [6.45, 7) is 7.00. The Morgan fingerprint density at radius 3 is 2.28 bits per heavy atom. The van der Waals surface area contributed by atoms with Crippen LogP contribution in [0.3, 0.4) is 0 Å². The average molecular weight is 675 g/mol. The first kappa shape index (κ1) is 31.5. The highest BCUT2D eigenvalue weighted by molar-refractivity contribution is 6.35. The van der Waals surface area contributed by atoms with Crippen LogP contribution in [0.4, 0.5) is 11.4 Å². The van der Waals surface area contributed by atoms with Crippen LogP contribution in [0.5, 0.6) is 5.75 Å². The molecule has 3 aromatic carbocycles. The lowest BCUT2D eigenvalue weighted by atomic mass is 10.1. The molecule has 7 rings (SSSR count). The molecule has 2 saturated heterocycles.